The maximum Gasteiger partial charge on any atom is 0.161 e. The van der Waals surface area contributed by atoms with Crippen LogP contribution in [-0.2, 0) is 0 Å². The van der Waals surface area contributed by atoms with Crippen molar-refractivity contribution in [1.29, 1.82) is 0 Å². The van der Waals surface area contributed by atoms with Crippen molar-refractivity contribution in [2.75, 3.05) is 20.3 Å². The van der Waals surface area contributed by atoms with E-state index in [2.05, 4.69) is 0 Å². The van der Waals surface area contributed by atoms with Gasteiger partial charge in [-0.1, -0.05) is 6.07 Å². The number of hydrogen-bond donors (Lipinski definition) is 2. The second kappa shape index (κ2) is 6.35. The summed E-state index contributed by atoms with van der Waals surface area (Å²) in [6, 6.07) is 5.41. The van der Waals surface area contributed by atoms with Gasteiger partial charge in [0, 0.05) is 0 Å². The van der Waals surface area contributed by atoms with Gasteiger partial charge in [-0.25, -0.2) is 0 Å². The molecule has 0 heterocycles. The molecular weight excluding hydrogens is 206 g/mol. The average molecular weight is 225 g/mol. The van der Waals surface area contributed by atoms with Gasteiger partial charge >= 0.3 is 0 Å². The number of hydrogen-bond acceptors (Lipinski definition) is 4. The fourth-order valence-corrected chi connectivity index (χ4v) is 1.33. The first-order valence-electron chi connectivity index (χ1n) is 5.38. The lowest BCUT2D eigenvalue weighted by Gasteiger charge is -2.12. The molecule has 1 atom stereocenters. The van der Waals surface area contributed by atoms with Crippen molar-refractivity contribution in [3.63, 3.8) is 0 Å². The smallest absolute Gasteiger partial charge is 0.161 e. The highest BCUT2D eigenvalue weighted by Crippen LogP contribution is 2.30. The first kappa shape index (κ1) is 12.8. The number of aliphatic hydroxyl groups excluding tert-OH is 1. The molecule has 1 aromatic carbocycles. The van der Waals surface area contributed by atoms with Crippen molar-refractivity contribution in [3.8, 4) is 11.5 Å². The molecule has 16 heavy (non-hydrogen) atoms. The van der Waals surface area contributed by atoms with Crippen molar-refractivity contribution >= 4 is 0 Å². The highest BCUT2D eigenvalue weighted by molar-refractivity contribution is 5.43. The van der Waals surface area contributed by atoms with E-state index < -0.39 is 6.10 Å². The number of benzene rings is 1. The van der Waals surface area contributed by atoms with Crippen LogP contribution in [0.2, 0.25) is 0 Å². The molecule has 0 bridgehead atoms. The SMILES string of the molecule is COc1cc(C(C)O)ccc1OCCCN. The van der Waals surface area contributed by atoms with Gasteiger partial charge in [0.2, 0.25) is 0 Å². The van der Waals surface area contributed by atoms with Crippen molar-refractivity contribution in [3.05, 3.63) is 23.8 Å². The minimum Gasteiger partial charge on any atom is -0.493 e. The van der Waals surface area contributed by atoms with Gasteiger partial charge in [-0.15, -0.1) is 0 Å². The Morgan fingerprint density at radius 2 is 2.12 bits per heavy atom. The molecule has 0 aromatic heterocycles. The maximum atomic E-state index is 9.44. The van der Waals surface area contributed by atoms with Crippen molar-refractivity contribution in [1.82, 2.24) is 0 Å². The molecule has 0 aliphatic carbocycles. The first-order chi connectivity index (χ1) is 7.69. The summed E-state index contributed by atoms with van der Waals surface area (Å²) < 4.78 is 10.7. The zero-order valence-corrected chi connectivity index (χ0v) is 9.77. The van der Waals surface area contributed by atoms with Crippen molar-refractivity contribution in [2.45, 2.75) is 19.4 Å². The van der Waals surface area contributed by atoms with Gasteiger partial charge < -0.3 is 20.3 Å². The Morgan fingerprint density at radius 3 is 2.69 bits per heavy atom. The Bertz CT molecular complexity index is 326. The molecule has 0 saturated carbocycles. The van der Waals surface area contributed by atoms with Crippen LogP contribution in [0.3, 0.4) is 0 Å². The molecule has 1 aromatic rings. The third-order valence-corrected chi connectivity index (χ3v) is 2.28. The number of aliphatic hydroxyl groups is 1. The van der Waals surface area contributed by atoms with E-state index in [4.69, 9.17) is 15.2 Å². The molecule has 1 unspecified atom stereocenters. The third kappa shape index (κ3) is 3.40. The predicted molar refractivity (Wildman–Crippen MR) is 62.8 cm³/mol. The molecule has 1 rings (SSSR count). The van der Waals surface area contributed by atoms with Gasteiger partial charge in [0.1, 0.15) is 0 Å². The molecule has 0 aliphatic rings. The topological polar surface area (TPSA) is 64.7 Å². The molecule has 0 aliphatic heterocycles. The van der Waals surface area contributed by atoms with Crippen LogP contribution in [0.5, 0.6) is 11.5 Å². The lowest BCUT2D eigenvalue weighted by molar-refractivity contribution is 0.198. The number of methoxy groups -OCH3 is 1. The molecule has 0 fully saturated rings. The minimum absolute atomic E-state index is 0.507. The van der Waals surface area contributed by atoms with E-state index in [1.807, 2.05) is 6.07 Å². The second-order valence-corrected chi connectivity index (χ2v) is 3.58. The van der Waals surface area contributed by atoms with Crippen LogP contribution in [0.25, 0.3) is 0 Å². The van der Waals surface area contributed by atoms with Crippen LogP contribution in [0.15, 0.2) is 18.2 Å². The Labute approximate surface area is 96.0 Å². The first-order valence-corrected chi connectivity index (χ1v) is 5.38. The summed E-state index contributed by atoms with van der Waals surface area (Å²) in [5.74, 6) is 1.32. The van der Waals surface area contributed by atoms with Gasteiger partial charge in [0.15, 0.2) is 11.5 Å². The molecule has 0 radical (unpaired) electrons. The van der Waals surface area contributed by atoms with E-state index in [0.717, 1.165) is 12.0 Å². The molecule has 4 nitrogen and oxygen atoms in total. The second-order valence-electron chi connectivity index (χ2n) is 3.58. The van der Waals surface area contributed by atoms with E-state index in [-0.39, 0.29) is 0 Å². The number of nitrogens with two attached hydrogens (primary N) is 1. The van der Waals surface area contributed by atoms with E-state index in [1.165, 1.54) is 0 Å². The zero-order chi connectivity index (χ0) is 12.0. The van der Waals surface area contributed by atoms with Crippen LogP contribution >= 0.6 is 0 Å². The molecule has 4 heteroatoms. The summed E-state index contributed by atoms with van der Waals surface area (Å²) in [6.45, 7) is 2.89. The molecule has 0 saturated heterocycles. The van der Waals surface area contributed by atoms with Gasteiger partial charge in [0.05, 0.1) is 19.8 Å². The van der Waals surface area contributed by atoms with Gasteiger partial charge in [-0.05, 0) is 37.6 Å². The van der Waals surface area contributed by atoms with E-state index in [9.17, 15) is 5.11 Å². The molecule has 0 amide bonds. The lowest BCUT2D eigenvalue weighted by atomic mass is 10.1. The Kier molecular flexibility index (Phi) is 5.08. The normalized spacial score (nSPS) is 12.2. The molecule has 3 N–H and O–H groups in total. The van der Waals surface area contributed by atoms with Gasteiger partial charge in [-0.2, -0.15) is 0 Å². The minimum atomic E-state index is -0.507. The standard InChI is InChI=1S/C12H19NO3/c1-9(14)10-4-5-11(12(8-10)15-2)16-7-3-6-13/h4-5,8-9,14H,3,6-7,13H2,1-2H3. The highest BCUT2D eigenvalue weighted by atomic mass is 16.5. The average Bonchev–Trinajstić information content (AvgIpc) is 2.29. The summed E-state index contributed by atoms with van der Waals surface area (Å²) in [5.41, 5.74) is 6.19. The largest absolute Gasteiger partial charge is 0.493 e. The molecular formula is C12H19NO3. The summed E-state index contributed by atoms with van der Waals surface area (Å²) in [6.07, 6.45) is 0.299. The van der Waals surface area contributed by atoms with Crippen molar-refractivity contribution < 1.29 is 14.6 Å². The lowest BCUT2D eigenvalue weighted by Crippen LogP contribution is -2.07. The van der Waals surface area contributed by atoms with E-state index in [0.29, 0.717) is 24.7 Å². The summed E-state index contributed by atoms with van der Waals surface area (Å²) >= 11 is 0. The zero-order valence-electron chi connectivity index (χ0n) is 9.77. The quantitative estimate of drug-likeness (QED) is 0.720. The van der Waals surface area contributed by atoms with Gasteiger partial charge in [0.25, 0.3) is 0 Å². The fraction of sp³-hybridized carbons (Fsp3) is 0.500. The van der Waals surface area contributed by atoms with E-state index in [1.54, 1.807) is 26.2 Å². The van der Waals surface area contributed by atoms with Crippen molar-refractivity contribution in [2.24, 2.45) is 5.73 Å². The number of rotatable bonds is 6. The third-order valence-electron chi connectivity index (χ3n) is 2.28. The monoisotopic (exact) mass is 225 g/mol. The van der Waals surface area contributed by atoms with Crippen LogP contribution in [0.1, 0.15) is 25.0 Å². The molecule has 0 spiro atoms. The maximum absolute atomic E-state index is 9.44. The predicted octanol–water partition coefficient (Wildman–Crippen LogP) is 1.48. The van der Waals surface area contributed by atoms with Crippen LogP contribution in [0.4, 0.5) is 0 Å². The Morgan fingerprint density at radius 1 is 1.38 bits per heavy atom. The van der Waals surface area contributed by atoms with Gasteiger partial charge in [-0.3, -0.25) is 0 Å². The number of ether oxygens (including phenoxy) is 2. The highest BCUT2D eigenvalue weighted by Gasteiger charge is 2.08. The van der Waals surface area contributed by atoms with Crippen LogP contribution < -0.4 is 15.2 Å². The Hall–Kier alpha value is -1.26. The van der Waals surface area contributed by atoms with Crippen LogP contribution in [-0.4, -0.2) is 25.4 Å². The van der Waals surface area contributed by atoms with E-state index >= 15 is 0 Å². The Balaban J connectivity index is 2.76. The molecule has 90 valence electrons. The summed E-state index contributed by atoms with van der Waals surface area (Å²) in [5, 5.41) is 9.44. The summed E-state index contributed by atoms with van der Waals surface area (Å²) in [4.78, 5) is 0. The summed E-state index contributed by atoms with van der Waals surface area (Å²) in [7, 11) is 1.58. The fourth-order valence-electron chi connectivity index (χ4n) is 1.33. The van der Waals surface area contributed by atoms with Crippen LogP contribution in [0, 0.1) is 0 Å².